The third-order valence-corrected chi connectivity index (χ3v) is 4.66. The molecule has 0 atom stereocenters. The number of aromatic nitrogens is 2. The van der Waals surface area contributed by atoms with Gasteiger partial charge in [0.25, 0.3) is 0 Å². The van der Waals surface area contributed by atoms with E-state index in [1.54, 1.807) is 24.5 Å². The fourth-order valence-corrected chi connectivity index (χ4v) is 3.11. The number of hydrogen-bond donors (Lipinski definition) is 0. The van der Waals surface area contributed by atoms with E-state index in [2.05, 4.69) is 25.9 Å². The smallest absolute Gasteiger partial charge is 0.204 e. The van der Waals surface area contributed by atoms with E-state index in [-0.39, 0.29) is 5.76 Å². The molecule has 22 heavy (non-hydrogen) atoms. The van der Waals surface area contributed by atoms with Gasteiger partial charge in [0.15, 0.2) is 0 Å². The van der Waals surface area contributed by atoms with Gasteiger partial charge in [-0.15, -0.1) is 0 Å². The lowest BCUT2D eigenvalue weighted by molar-refractivity contribution is 0.567. The molecule has 3 rings (SSSR count). The summed E-state index contributed by atoms with van der Waals surface area (Å²) in [7, 11) is 0. The normalized spacial score (nSPS) is 10.4. The van der Waals surface area contributed by atoms with Crippen molar-refractivity contribution in [2.45, 2.75) is 9.92 Å². The van der Waals surface area contributed by atoms with Gasteiger partial charge < -0.3 is 4.42 Å². The number of hydrogen-bond acceptors (Lipinski definition) is 5. The molecule has 4 nitrogen and oxygen atoms in total. The molecule has 0 radical (unpaired) electrons. The molecule has 0 aliphatic heterocycles. The maximum absolute atomic E-state index is 8.84. The van der Waals surface area contributed by atoms with E-state index in [4.69, 9.17) is 21.3 Å². The van der Waals surface area contributed by atoms with Crippen molar-refractivity contribution in [1.82, 2.24) is 9.97 Å². The minimum atomic E-state index is 0.253. The quantitative estimate of drug-likeness (QED) is 0.615. The van der Waals surface area contributed by atoms with Crippen LogP contribution < -0.4 is 0 Å². The first-order valence-electron chi connectivity index (χ1n) is 6.11. The summed E-state index contributed by atoms with van der Waals surface area (Å²) in [6.07, 6.45) is 3.30. The van der Waals surface area contributed by atoms with E-state index in [0.717, 1.165) is 15.5 Å². The number of nitriles is 1. The van der Waals surface area contributed by atoms with Crippen LogP contribution in [0.15, 0.2) is 61.7 Å². The fourth-order valence-electron chi connectivity index (χ4n) is 1.79. The van der Waals surface area contributed by atoms with Crippen LogP contribution in [0.25, 0.3) is 11.3 Å². The van der Waals surface area contributed by atoms with Crippen molar-refractivity contribution < 1.29 is 4.42 Å². The standard InChI is InChI=1S/C15H7BrClN3OS/c16-13-7-20-14(8-19-13)22-12-3-1-2-10(15(12)17)11-5-4-9(6-18)21-11/h1-5,7-8H. The van der Waals surface area contributed by atoms with Gasteiger partial charge in [-0.2, -0.15) is 5.26 Å². The summed E-state index contributed by atoms with van der Waals surface area (Å²) in [4.78, 5) is 9.24. The summed E-state index contributed by atoms with van der Waals surface area (Å²) in [6, 6.07) is 10.9. The molecule has 0 unspecified atom stereocenters. The maximum atomic E-state index is 8.84. The van der Waals surface area contributed by atoms with Crippen LogP contribution in [-0.4, -0.2) is 9.97 Å². The van der Waals surface area contributed by atoms with Gasteiger partial charge in [0, 0.05) is 10.5 Å². The highest BCUT2D eigenvalue weighted by Crippen LogP contribution is 2.38. The van der Waals surface area contributed by atoms with Crippen molar-refractivity contribution in [1.29, 1.82) is 5.26 Å². The van der Waals surface area contributed by atoms with E-state index in [1.165, 1.54) is 11.8 Å². The van der Waals surface area contributed by atoms with Gasteiger partial charge in [-0.3, -0.25) is 0 Å². The Morgan fingerprint density at radius 1 is 1.18 bits per heavy atom. The topological polar surface area (TPSA) is 62.7 Å². The van der Waals surface area contributed by atoms with Crippen LogP contribution in [0.5, 0.6) is 0 Å². The van der Waals surface area contributed by atoms with Crippen LogP contribution >= 0.6 is 39.3 Å². The Bertz CT molecular complexity index is 858. The second-order valence-electron chi connectivity index (χ2n) is 4.17. The van der Waals surface area contributed by atoms with E-state index in [1.807, 2.05) is 24.3 Å². The Kier molecular flexibility index (Phi) is 4.48. The zero-order chi connectivity index (χ0) is 15.5. The molecule has 0 N–H and O–H groups in total. The minimum Gasteiger partial charge on any atom is -0.446 e. The van der Waals surface area contributed by atoms with E-state index in [0.29, 0.717) is 15.4 Å². The summed E-state index contributed by atoms with van der Waals surface area (Å²) in [5, 5.41) is 10.1. The molecule has 108 valence electrons. The van der Waals surface area contributed by atoms with Gasteiger partial charge in [-0.1, -0.05) is 29.4 Å². The summed E-state index contributed by atoms with van der Waals surface area (Å²) in [5.41, 5.74) is 0.734. The Hall–Kier alpha value is -1.81. The largest absolute Gasteiger partial charge is 0.446 e. The van der Waals surface area contributed by atoms with Crippen molar-refractivity contribution in [3.8, 4) is 17.4 Å². The van der Waals surface area contributed by atoms with Gasteiger partial charge >= 0.3 is 0 Å². The minimum absolute atomic E-state index is 0.253. The zero-order valence-corrected chi connectivity index (χ0v) is 14.1. The molecule has 3 aromatic rings. The van der Waals surface area contributed by atoms with E-state index in [9.17, 15) is 0 Å². The zero-order valence-electron chi connectivity index (χ0n) is 11.0. The van der Waals surface area contributed by atoms with Crippen molar-refractivity contribution in [2.24, 2.45) is 0 Å². The Balaban J connectivity index is 1.95. The highest BCUT2D eigenvalue weighted by molar-refractivity contribution is 9.10. The highest BCUT2D eigenvalue weighted by atomic mass is 79.9. The lowest BCUT2D eigenvalue weighted by atomic mass is 10.2. The summed E-state index contributed by atoms with van der Waals surface area (Å²) in [6.45, 7) is 0. The van der Waals surface area contributed by atoms with Crippen LogP contribution in [0.2, 0.25) is 5.02 Å². The fraction of sp³-hybridized carbons (Fsp3) is 0. The average Bonchev–Trinajstić information content (AvgIpc) is 3.00. The predicted octanol–water partition coefficient (Wildman–Crippen LogP) is 5.18. The van der Waals surface area contributed by atoms with Gasteiger partial charge in [0.05, 0.1) is 17.4 Å². The first-order valence-corrected chi connectivity index (χ1v) is 8.10. The number of rotatable bonds is 3. The van der Waals surface area contributed by atoms with E-state index < -0.39 is 0 Å². The summed E-state index contributed by atoms with van der Waals surface area (Å²) in [5.74, 6) is 0.814. The molecule has 0 amide bonds. The molecule has 2 aromatic heterocycles. The van der Waals surface area contributed by atoms with Crippen molar-refractivity contribution >= 4 is 39.3 Å². The molecule has 7 heteroatoms. The molecule has 0 saturated heterocycles. The molecule has 0 spiro atoms. The molecule has 0 aliphatic rings. The second kappa shape index (κ2) is 6.53. The molecule has 1 aromatic carbocycles. The lowest BCUT2D eigenvalue weighted by Crippen LogP contribution is -1.85. The molecular formula is C15H7BrClN3OS. The highest BCUT2D eigenvalue weighted by Gasteiger charge is 2.13. The van der Waals surface area contributed by atoms with Crippen LogP contribution in [0, 0.1) is 11.3 Å². The van der Waals surface area contributed by atoms with Crippen LogP contribution in [0.1, 0.15) is 5.76 Å². The maximum Gasteiger partial charge on any atom is 0.204 e. The van der Waals surface area contributed by atoms with Gasteiger partial charge in [0.2, 0.25) is 5.76 Å². The summed E-state index contributed by atoms with van der Waals surface area (Å²) < 4.78 is 6.11. The molecule has 0 aliphatic carbocycles. The van der Waals surface area contributed by atoms with Crippen LogP contribution in [0.3, 0.4) is 0 Å². The predicted molar refractivity (Wildman–Crippen MR) is 87.7 cm³/mol. The van der Waals surface area contributed by atoms with Gasteiger partial charge in [0.1, 0.15) is 21.5 Å². The SMILES string of the molecule is N#Cc1ccc(-c2cccc(Sc3cnc(Br)cn3)c2Cl)o1. The molecule has 0 bridgehead atoms. The number of nitrogens with zero attached hydrogens (tertiary/aromatic N) is 3. The Labute approximate surface area is 144 Å². The van der Waals surface area contributed by atoms with Crippen molar-refractivity contribution in [3.63, 3.8) is 0 Å². The monoisotopic (exact) mass is 391 g/mol. The second-order valence-corrected chi connectivity index (χ2v) is 6.43. The molecular weight excluding hydrogens is 386 g/mol. The Morgan fingerprint density at radius 3 is 2.73 bits per heavy atom. The number of halogens is 2. The molecule has 2 heterocycles. The summed E-state index contributed by atoms with van der Waals surface area (Å²) >= 11 is 11.1. The lowest BCUT2D eigenvalue weighted by Gasteiger charge is -2.07. The number of benzene rings is 1. The van der Waals surface area contributed by atoms with Crippen molar-refractivity contribution in [3.05, 3.63) is 58.1 Å². The first kappa shape index (κ1) is 15.1. The molecule has 0 saturated carbocycles. The molecule has 0 fully saturated rings. The number of furan rings is 1. The van der Waals surface area contributed by atoms with Gasteiger partial charge in [-0.25, -0.2) is 9.97 Å². The van der Waals surface area contributed by atoms with Crippen molar-refractivity contribution in [2.75, 3.05) is 0 Å². The first-order chi connectivity index (χ1) is 10.7. The Morgan fingerprint density at radius 2 is 2.05 bits per heavy atom. The average molecular weight is 393 g/mol. The van der Waals surface area contributed by atoms with Crippen LogP contribution in [-0.2, 0) is 0 Å². The van der Waals surface area contributed by atoms with Gasteiger partial charge in [-0.05, 0) is 40.2 Å². The third-order valence-electron chi connectivity index (χ3n) is 2.76. The van der Waals surface area contributed by atoms with E-state index >= 15 is 0 Å². The van der Waals surface area contributed by atoms with Crippen LogP contribution in [0.4, 0.5) is 0 Å². The third kappa shape index (κ3) is 3.17.